The van der Waals surface area contributed by atoms with E-state index < -0.39 is 46.2 Å². The molecule has 0 radical (unpaired) electrons. The number of halogens is 1. The molecule has 1 aliphatic rings. The number of nitro groups is 1. The fraction of sp³-hybridized carbons (Fsp3) is 0.483. The third-order valence-electron chi connectivity index (χ3n) is 6.39. The van der Waals surface area contributed by atoms with Crippen molar-refractivity contribution in [3.63, 3.8) is 0 Å². The molecule has 13 nitrogen and oxygen atoms in total. The van der Waals surface area contributed by atoms with Gasteiger partial charge >= 0.3 is 18.2 Å². The molecule has 2 aromatic rings. The van der Waals surface area contributed by atoms with Crippen molar-refractivity contribution in [1.82, 2.24) is 10.2 Å². The highest BCUT2D eigenvalue weighted by atomic mass is 19.1. The number of benzene rings is 2. The van der Waals surface area contributed by atoms with Gasteiger partial charge in [0.1, 0.15) is 18.2 Å². The van der Waals surface area contributed by atoms with Gasteiger partial charge in [0.05, 0.1) is 24.1 Å². The number of carbonyl (C=O) groups excluding carboxylic acids is 2. The van der Waals surface area contributed by atoms with Crippen LogP contribution in [0, 0.1) is 15.9 Å². The minimum atomic E-state index is -1.40. The van der Waals surface area contributed by atoms with Crippen molar-refractivity contribution in [1.29, 1.82) is 0 Å². The van der Waals surface area contributed by atoms with Crippen LogP contribution in [0.25, 0.3) is 0 Å². The van der Waals surface area contributed by atoms with E-state index in [0.717, 1.165) is 12.1 Å². The number of likely N-dealkylation sites (tertiary alicyclic amines) is 1. The van der Waals surface area contributed by atoms with Crippen LogP contribution in [0.3, 0.4) is 0 Å². The van der Waals surface area contributed by atoms with Crippen molar-refractivity contribution in [2.45, 2.75) is 58.0 Å². The van der Waals surface area contributed by atoms with Gasteiger partial charge in [0, 0.05) is 25.8 Å². The summed E-state index contributed by atoms with van der Waals surface area (Å²) in [5.41, 5.74) is -0.665. The summed E-state index contributed by atoms with van der Waals surface area (Å²) in [7, 11) is 0. The summed E-state index contributed by atoms with van der Waals surface area (Å²) in [4.78, 5) is 50.1. The number of aliphatic carboxylic acids is 1. The Morgan fingerprint density at radius 1 is 1.14 bits per heavy atom. The third kappa shape index (κ3) is 10.4. The number of carboxylic acids is 1. The molecule has 1 unspecified atom stereocenters. The Bertz CT molecular complexity index is 1270. The number of ether oxygens (including phenoxy) is 3. The third-order valence-corrected chi connectivity index (χ3v) is 6.39. The van der Waals surface area contributed by atoms with E-state index >= 15 is 0 Å². The molecule has 0 aliphatic carbocycles. The highest BCUT2D eigenvalue weighted by Gasteiger charge is 2.34. The van der Waals surface area contributed by atoms with Gasteiger partial charge in [-0.2, -0.15) is 0 Å². The van der Waals surface area contributed by atoms with Crippen LogP contribution in [-0.4, -0.2) is 83.6 Å². The Kier molecular flexibility index (Phi) is 11.6. The van der Waals surface area contributed by atoms with Crippen LogP contribution in [0.4, 0.5) is 25.4 Å². The molecule has 0 aromatic heterocycles. The molecule has 1 saturated heterocycles. The molecule has 2 aromatic carbocycles. The van der Waals surface area contributed by atoms with Gasteiger partial charge in [-0.3, -0.25) is 10.1 Å². The standard InChI is InChI=1S/C29H37FN4O9/c1-29(2,3)43-28(38)33-17-21(18-33)41-16-8-14-32(25-22(30)11-7-12-24(25)34(39)40)15-13-23(26(35)36)31-27(37)42-19-20-9-5-4-6-10-20/h4-7,9-12,21,23H,8,13-19H2,1-3H3,(H,31,37)(H,35,36). The van der Waals surface area contributed by atoms with E-state index in [2.05, 4.69) is 5.32 Å². The van der Waals surface area contributed by atoms with Crippen LogP contribution in [0.15, 0.2) is 48.5 Å². The first-order chi connectivity index (χ1) is 20.3. The number of para-hydroxylation sites is 1. The number of carboxylic acid groups (broad SMARTS) is 1. The summed E-state index contributed by atoms with van der Waals surface area (Å²) in [6, 6.07) is 10.9. The second kappa shape index (κ2) is 15.1. The Hall–Kier alpha value is -4.46. The van der Waals surface area contributed by atoms with Gasteiger partial charge < -0.3 is 34.4 Å². The normalized spacial score (nSPS) is 13.9. The van der Waals surface area contributed by atoms with Crippen molar-refractivity contribution in [2.75, 3.05) is 37.7 Å². The number of nitrogens with one attached hydrogen (secondary N) is 1. The molecular weight excluding hydrogens is 567 g/mol. The minimum Gasteiger partial charge on any atom is -0.480 e. The zero-order chi connectivity index (χ0) is 31.6. The molecule has 1 aliphatic heterocycles. The van der Waals surface area contributed by atoms with Crippen LogP contribution in [-0.2, 0) is 25.6 Å². The van der Waals surface area contributed by atoms with Crippen molar-refractivity contribution >= 4 is 29.5 Å². The lowest BCUT2D eigenvalue weighted by atomic mass is 10.1. The van der Waals surface area contributed by atoms with Crippen molar-refractivity contribution in [2.24, 2.45) is 0 Å². The number of hydrogen-bond donors (Lipinski definition) is 2. The number of nitro benzene ring substituents is 1. The van der Waals surface area contributed by atoms with E-state index in [1.165, 1.54) is 15.9 Å². The molecule has 0 bridgehead atoms. The van der Waals surface area contributed by atoms with Gasteiger partial charge in [0.25, 0.3) is 5.69 Å². The number of hydrogen-bond acceptors (Lipinski definition) is 9. The number of amides is 2. The smallest absolute Gasteiger partial charge is 0.410 e. The molecule has 1 fully saturated rings. The Morgan fingerprint density at radius 2 is 1.84 bits per heavy atom. The average molecular weight is 605 g/mol. The lowest BCUT2D eigenvalue weighted by Gasteiger charge is -2.39. The fourth-order valence-electron chi connectivity index (χ4n) is 4.27. The summed E-state index contributed by atoms with van der Waals surface area (Å²) in [5.74, 6) is -2.19. The van der Waals surface area contributed by atoms with Crippen molar-refractivity contribution in [3.8, 4) is 0 Å². The van der Waals surface area contributed by atoms with E-state index in [9.17, 15) is 34.0 Å². The molecule has 0 spiro atoms. The molecular formula is C29H37FN4O9. The second-order valence-corrected chi connectivity index (χ2v) is 11.0. The van der Waals surface area contributed by atoms with E-state index in [4.69, 9.17) is 14.2 Å². The topological polar surface area (TPSA) is 161 Å². The van der Waals surface area contributed by atoms with Crippen LogP contribution in [0.2, 0.25) is 0 Å². The number of nitrogens with zero attached hydrogens (tertiary/aromatic N) is 3. The molecule has 3 rings (SSSR count). The predicted molar refractivity (Wildman–Crippen MR) is 153 cm³/mol. The molecule has 43 heavy (non-hydrogen) atoms. The first-order valence-electron chi connectivity index (χ1n) is 13.8. The quantitative estimate of drug-likeness (QED) is 0.180. The molecule has 2 N–H and O–H groups in total. The number of alkyl carbamates (subject to hydrolysis) is 1. The highest BCUT2D eigenvalue weighted by Crippen LogP contribution is 2.31. The van der Waals surface area contributed by atoms with Gasteiger partial charge in [-0.15, -0.1) is 0 Å². The molecule has 0 saturated carbocycles. The second-order valence-electron chi connectivity index (χ2n) is 11.0. The molecule has 1 atom stereocenters. The Labute approximate surface area is 248 Å². The van der Waals surface area contributed by atoms with Gasteiger partial charge in [0.15, 0.2) is 11.5 Å². The average Bonchev–Trinajstić information content (AvgIpc) is 2.91. The van der Waals surface area contributed by atoms with Crippen molar-refractivity contribution < 1.29 is 43.0 Å². The van der Waals surface area contributed by atoms with E-state index in [1.807, 2.05) is 0 Å². The first-order valence-corrected chi connectivity index (χ1v) is 13.8. The summed E-state index contributed by atoms with van der Waals surface area (Å²) in [6.07, 6.45) is -1.48. The monoisotopic (exact) mass is 604 g/mol. The van der Waals surface area contributed by atoms with Crippen LogP contribution in [0.1, 0.15) is 39.2 Å². The zero-order valence-corrected chi connectivity index (χ0v) is 24.4. The van der Waals surface area contributed by atoms with E-state index in [-0.39, 0.29) is 44.5 Å². The van der Waals surface area contributed by atoms with Gasteiger partial charge in [0.2, 0.25) is 0 Å². The summed E-state index contributed by atoms with van der Waals surface area (Å²) in [6.45, 7) is 6.13. The Morgan fingerprint density at radius 3 is 2.47 bits per heavy atom. The maximum absolute atomic E-state index is 14.9. The molecule has 2 amide bonds. The van der Waals surface area contributed by atoms with Crippen LogP contribution >= 0.6 is 0 Å². The maximum Gasteiger partial charge on any atom is 0.410 e. The summed E-state index contributed by atoms with van der Waals surface area (Å²) < 4.78 is 31.1. The van der Waals surface area contributed by atoms with Gasteiger partial charge in [-0.25, -0.2) is 18.8 Å². The Balaban J connectivity index is 1.58. The van der Waals surface area contributed by atoms with E-state index in [0.29, 0.717) is 25.1 Å². The number of rotatable bonds is 14. The number of anilines is 1. The summed E-state index contributed by atoms with van der Waals surface area (Å²) in [5, 5.41) is 23.7. The molecule has 234 valence electrons. The minimum absolute atomic E-state index is 0.0664. The SMILES string of the molecule is CC(C)(C)OC(=O)N1CC(OCCCN(CCC(NC(=O)OCc2ccccc2)C(=O)O)c2c(F)cccc2[N+](=O)[O-])C1. The zero-order valence-electron chi connectivity index (χ0n) is 24.4. The van der Waals surface area contributed by atoms with Crippen molar-refractivity contribution in [3.05, 3.63) is 70.0 Å². The maximum atomic E-state index is 14.9. The summed E-state index contributed by atoms with van der Waals surface area (Å²) >= 11 is 0. The molecule has 14 heteroatoms. The predicted octanol–water partition coefficient (Wildman–Crippen LogP) is 4.34. The van der Waals surface area contributed by atoms with Gasteiger partial charge in [-0.1, -0.05) is 36.4 Å². The van der Waals surface area contributed by atoms with E-state index in [1.54, 1.807) is 51.1 Å². The lowest BCUT2D eigenvalue weighted by Crippen LogP contribution is -2.56. The number of carbonyl (C=O) groups is 3. The fourth-order valence-corrected chi connectivity index (χ4v) is 4.27. The van der Waals surface area contributed by atoms with Gasteiger partial charge in [-0.05, 0) is 45.2 Å². The van der Waals surface area contributed by atoms with Crippen LogP contribution in [0.5, 0.6) is 0 Å². The molecule has 1 heterocycles. The van der Waals surface area contributed by atoms with Crippen LogP contribution < -0.4 is 10.2 Å². The lowest BCUT2D eigenvalue weighted by molar-refractivity contribution is -0.384. The highest BCUT2D eigenvalue weighted by molar-refractivity contribution is 5.80. The first kappa shape index (κ1) is 33.0. The largest absolute Gasteiger partial charge is 0.480 e.